The number of hydrogen-bond donors (Lipinski definition) is 1. The molecular weight excluding hydrogens is 260 g/mol. The van der Waals surface area contributed by atoms with E-state index in [1.54, 1.807) is 11.3 Å². The maximum absolute atomic E-state index is 5.20. The lowest BCUT2D eigenvalue weighted by Crippen LogP contribution is -2.05. The second-order valence-electron chi connectivity index (χ2n) is 3.89. The van der Waals surface area contributed by atoms with E-state index in [9.17, 15) is 0 Å². The van der Waals surface area contributed by atoms with Gasteiger partial charge in [-0.2, -0.15) is 4.98 Å². The average molecular weight is 272 g/mol. The summed E-state index contributed by atoms with van der Waals surface area (Å²) in [5.41, 5.74) is 0.919. The highest BCUT2D eigenvalue weighted by Crippen LogP contribution is 2.17. The molecule has 0 aliphatic rings. The molecule has 0 atom stereocenters. The van der Waals surface area contributed by atoms with Crippen molar-refractivity contribution < 1.29 is 4.52 Å². The summed E-state index contributed by atoms with van der Waals surface area (Å²) in [7, 11) is 0. The van der Waals surface area contributed by atoms with Gasteiger partial charge in [-0.3, -0.25) is 0 Å². The van der Waals surface area contributed by atoms with Crippen LogP contribution < -0.4 is 5.32 Å². The Kier molecular flexibility index (Phi) is 3.51. The minimum absolute atomic E-state index is 0.510. The number of nitrogens with zero attached hydrogens (tertiary/aromatic N) is 3. The predicted molar refractivity (Wildman–Crippen MR) is 74.0 cm³/mol. The summed E-state index contributed by atoms with van der Waals surface area (Å²) in [6, 6.07) is 9.71. The van der Waals surface area contributed by atoms with Crippen LogP contribution in [0.15, 0.2) is 46.4 Å². The molecule has 0 saturated carbocycles. The molecule has 1 N–H and O–H groups in total. The van der Waals surface area contributed by atoms with Crippen LogP contribution in [0.4, 0.5) is 5.95 Å². The number of hydrogen-bond acceptors (Lipinski definition) is 6. The molecule has 0 amide bonds. The summed E-state index contributed by atoms with van der Waals surface area (Å²) in [5.74, 6) is 1.03. The first-order chi connectivity index (χ1) is 9.42. The van der Waals surface area contributed by atoms with Crippen molar-refractivity contribution in [1.82, 2.24) is 15.1 Å². The van der Waals surface area contributed by atoms with E-state index in [0.717, 1.165) is 23.5 Å². The van der Waals surface area contributed by atoms with Gasteiger partial charge in [-0.05, 0) is 17.3 Å². The number of anilines is 1. The summed E-state index contributed by atoms with van der Waals surface area (Å²) in [6.07, 6.45) is 2.66. The molecule has 0 spiro atoms. The fourth-order valence-electron chi connectivity index (χ4n) is 1.65. The zero-order valence-corrected chi connectivity index (χ0v) is 10.9. The van der Waals surface area contributed by atoms with Gasteiger partial charge in [0.25, 0.3) is 11.8 Å². The molecule has 6 heteroatoms. The first kappa shape index (κ1) is 11.9. The monoisotopic (exact) mass is 272 g/mol. The van der Waals surface area contributed by atoms with E-state index in [1.165, 1.54) is 0 Å². The first-order valence-corrected chi connectivity index (χ1v) is 6.81. The highest BCUT2D eigenvalue weighted by atomic mass is 32.1. The van der Waals surface area contributed by atoms with Gasteiger partial charge in [-0.25, -0.2) is 4.98 Å². The highest BCUT2D eigenvalue weighted by Gasteiger charge is 2.07. The van der Waals surface area contributed by atoms with Gasteiger partial charge in [0.2, 0.25) is 0 Å². The number of nitrogens with one attached hydrogen (secondary N) is 1. The Morgan fingerprint density at radius 3 is 2.89 bits per heavy atom. The maximum atomic E-state index is 5.20. The van der Waals surface area contributed by atoms with Crippen molar-refractivity contribution in [2.45, 2.75) is 6.42 Å². The molecular formula is C13H12N4OS. The molecule has 2 aromatic heterocycles. The van der Waals surface area contributed by atoms with Crippen molar-refractivity contribution in [3.8, 4) is 11.5 Å². The summed E-state index contributed by atoms with van der Waals surface area (Å²) in [6.45, 7) is 0.737. The fourth-order valence-corrected chi connectivity index (χ4v) is 2.27. The standard InChI is InChI=1S/C13H12N4OS/c1-2-4-10(5-3-1)12-16-13(17-18-12)15-7-6-11-14-8-9-19-11/h1-5,8-9H,6-7H2,(H,15,17). The molecule has 0 aliphatic heterocycles. The summed E-state index contributed by atoms with van der Waals surface area (Å²) < 4.78 is 5.20. The number of benzene rings is 1. The topological polar surface area (TPSA) is 63.8 Å². The second-order valence-corrected chi connectivity index (χ2v) is 4.87. The minimum atomic E-state index is 0.510. The van der Waals surface area contributed by atoms with Crippen molar-refractivity contribution >= 4 is 17.3 Å². The van der Waals surface area contributed by atoms with Gasteiger partial charge in [0.1, 0.15) is 0 Å². The Hall–Kier alpha value is -2.21. The third kappa shape index (κ3) is 2.97. The lowest BCUT2D eigenvalue weighted by atomic mass is 10.2. The molecule has 1 aromatic carbocycles. The van der Waals surface area contributed by atoms with Crippen molar-refractivity contribution in [1.29, 1.82) is 0 Å². The van der Waals surface area contributed by atoms with E-state index in [2.05, 4.69) is 20.4 Å². The SMILES string of the molecule is c1ccc(-c2nc(NCCc3nccs3)no2)cc1. The highest BCUT2D eigenvalue weighted by molar-refractivity contribution is 7.09. The quantitative estimate of drug-likeness (QED) is 0.773. The lowest BCUT2D eigenvalue weighted by molar-refractivity contribution is 0.432. The Balaban J connectivity index is 1.59. The van der Waals surface area contributed by atoms with Gasteiger partial charge in [0, 0.05) is 30.1 Å². The smallest absolute Gasteiger partial charge is 0.263 e. The van der Waals surface area contributed by atoms with Crippen molar-refractivity contribution in [2.24, 2.45) is 0 Å². The average Bonchev–Trinajstić information content (AvgIpc) is 3.11. The molecule has 0 saturated heterocycles. The van der Waals surface area contributed by atoms with Gasteiger partial charge >= 0.3 is 0 Å². The van der Waals surface area contributed by atoms with Crippen LogP contribution in [0.5, 0.6) is 0 Å². The molecule has 0 unspecified atom stereocenters. The predicted octanol–water partition coefficient (Wildman–Crippen LogP) is 2.85. The molecule has 0 radical (unpaired) electrons. The Labute approximate surface area is 114 Å². The van der Waals surface area contributed by atoms with E-state index in [1.807, 2.05) is 41.9 Å². The zero-order valence-electron chi connectivity index (χ0n) is 10.1. The largest absolute Gasteiger partial charge is 0.351 e. The summed E-state index contributed by atoms with van der Waals surface area (Å²) in [4.78, 5) is 8.51. The fraction of sp³-hybridized carbons (Fsp3) is 0.154. The third-order valence-electron chi connectivity index (χ3n) is 2.55. The van der Waals surface area contributed by atoms with Crippen LogP contribution >= 0.6 is 11.3 Å². The number of aromatic nitrogens is 3. The summed E-state index contributed by atoms with van der Waals surface area (Å²) in [5, 5.41) is 10.1. The molecule has 19 heavy (non-hydrogen) atoms. The van der Waals surface area contributed by atoms with E-state index >= 15 is 0 Å². The van der Waals surface area contributed by atoms with Gasteiger partial charge in [-0.1, -0.05) is 18.2 Å². The van der Waals surface area contributed by atoms with E-state index in [0.29, 0.717) is 11.8 Å². The molecule has 2 heterocycles. The molecule has 0 bridgehead atoms. The summed E-state index contributed by atoms with van der Waals surface area (Å²) >= 11 is 1.64. The number of rotatable bonds is 5. The van der Waals surface area contributed by atoms with E-state index in [4.69, 9.17) is 4.52 Å². The van der Waals surface area contributed by atoms with Gasteiger partial charge < -0.3 is 9.84 Å². The molecule has 96 valence electrons. The van der Waals surface area contributed by atoms with Crippen LogP contribution in [-0.2, 0) is 6.42 Å². The van der Waals surface area contributed by atoms with Crippen molar-refractivity contribution in [2.75, 3.05) is 11.9 Å². The molecule has 3 aromatic rings. The van der Waals surface area contributed by atoms with Gasteiger partial charge in [-0.15, -0.1) is 11.3 Å². The third-order valence-corrected chi connectivity index (χ3v) is 3.39. The van der Waals surface area contributed by atoms with Gasteiger partial charge in [0.15, 0.2) is 0 Å². The van der Waals surface area contributed by atoms with Crippen LogP contribution in [0.3, 0.4) is 0 Å². The van der Waals surface area contributed by atoms with Crippen LogP contribution in [0.25, 0.3) is 11.5 Å². The second kappa shape index (κ2) is 5.62. The lowest BCUT2D eigenvalue weighted by Gasteiger charge is -1.97. The van der Waals surface area contributed by atoms with Crippen LogP contribution in [0.2, 0.25) is 0 Å². The van der Waals surface area contributed by atoms with E-state index in [-0.39, 0.29) is 0 Å². The van der Waals surface area contributed by atoms with E-state index < -0.39 is 0 Å². The number of thiazole rings is 1. The first-order valence-electron chi connectivity index (χ1n) is 5.93. The Morgan fingerprint density at radius 2 is 2.11 bits per heavy atom. The van der Waals surface area contributed by atoms with Gasteiger partial charge in [0.05, 0.1) is 5.01 Å². The maximum Gasteiger partial charge on any atom is 0.263 e. The Morgan fingerprint density at radius 1 is 1.21 bits per heavy atom. The minimum Gasteiger partial charge on any atom is -0.351 e. The molecule has 3 rings (SSSR count). The zero-order chi connectivity index (χ0) is 12.9. The van der Waals surface area contributed by atoms with Crippen LogP contribution in [0, 0.1) is 0 Å². The molecule has 0 aliphatic carbocycles. The molecule has 5 nitrogen and oxygen atoms in total. The normalized spacial score (nSPS) is 10.5. The van der Waals surface area contributed by atoms with Crippen LogP contribution in [0.1, 0.15) is 5.01 Å². The Bertz CT molecular complexity index is 621. The van der Waals surface area contributed by atoms with Crippen LogP contribution in [-0.4, -0.2) is 21.7 Å². The molecule has 0 fully saturated rings. The van der Waals surface area contributed by atoms with Crippen molar-refractivity contribution in [3.05, 3.63) is 46.9 Å². The van der Waals surface area contributed by atoms with Crippen molar-refractivity contribution in [3.63, 3.8) is 0 Å².